The average Bonchev–Trinajstić information content (AvgIpc) is 3.54. The number of fused-ring (bicyclic) bond motifs is 1. The van der Waals surface area contributed by atoms with Crippen molar-refractivity contribution in [2.75, 3.05) is 26.2 Å². The zero-order valence-electron chi connectivity index (χ0n) is 21.8. The molecule has 1 aromatic heterocycles. The molecule has 1 fully saturated rings. The first-order chi connectivity index (χ1) is 17.6. The Morgan fingerprint density at radius 1 is 1.17 bits per heavy atom. The first kappa shape index (κ1) is 25.0. The number of piperidine rings is 1. The number of benzene rings is 2. The molecule has 0 radical (unpaired) electrons. The van der Waals surface area contributed by atoms with Gasteiger partial charge in [0.1, 0.15) is 10.8 Å². The van der Waals surface area contributed by atoms with Gasteiger partial charge in [-0.2, -0.15) is 0 Å². The number of ether oxygens (including phenoxy) is 1. The second-order valence-corrected chi connectivity index (χ2v) is 11.1. The maximum Gasteiger partial charge on any atom is 0.135 e. The number of hydrogen-bond acceptors (Lipinski definition) is 5. The third kappa shape index (κ3) is 5.67. The minimum atomic E-state index is 0.114. The molecule has 2 heterocycles. The Morgan fingerprint density at radius 2 is 2.03 bits per heavy atom. The molecule has 188 valence electrons. The summed E-state index contributed by atoms with van der Waals surface area (Å²) in [4.78, 5) is 8.66. The summed E-state index contributed by atoms with van der Waals surface area (Å²) in [5.41, 5.74) is 6.30. The van der Waals surface area contributed by atoms with Crippen molar-refractivity contribution in [1.82, 2.24) is 15.2 Å². The Labute approximate surface area is 220 Å². The maximum atomic E-state index is 5.96. The van der Waals surface area contributed by atoms with Gasteiger partial charge in [-0.15, -0.1) is 17.3 Å². The molecule has 1 aliphatic heterocycles. The Balaban J connectivity index is 1.32. The smallest absolute Gasteiger partial charge is 0.135 e. The summed E-state index contributed by atoms with van der Waals surface area (Å²) in [6, 6.07) is 13.5. The maximum absolute atomic E-state index is 5.96. The van der Waals surface area contributed by atoms with Crippen LogP contribution in [0.3, 0.4) is 0 Å². The van der Waals surface area contributed by atoms with Crippen molar-refractivity contribution in [2.24, 2.45) is 0 Å². The predicted octanol–water partition coefficient (Wildman–Crippen LogP) is 6.70. The lowest BCUT2D eigenvalue weighted by Gasteiger charge is -2.27. The summed E-state index contributed by atoms with van der Waals surface area (Å²) in [6.45, 7) is 10.7. The van der Waals surface area contributed by atoms with Crippen LogP contribution in [0.1, 0.15) is 69.2 Å². The molecule has 2 aromatic carbocycles. The summed E-state index contributed by atoms with van der Waals surface area (Å²) in [7, 11) is 0. The van der Waals surface area contributed by atoms with E-state index in [0.29, 0.717) is 6.04 Å². The van der Waals surface area contributed by atoms with Crippen LogP contribution in [0.2, 0.25) is 0 Å². The van der Waals surface area contributed by atoms with Crippen molar-refractivity contribution in [3.8, 4) is 38.6 Å². The standard InChI is InChI=1S/C31H37N3OS/c1-4-9-23-20-24(12-15-29(23)35-22(2)3)31-33-21-30(36-31)27-11-8-10-26-25(27)13-14-28(26)32-16-19-34-17-6-5-7-18-34/h8,10-12,15,20-22,28,32H,5-7,13-14,16-19H2,1-3H3. The molecule has 1 atom stereocenters. The minimum Gasteiger partial charge on any atom is -0.490 e. The third-order valence-electron chi connectivity index (χ3n) is 7.16. The van der Waals surface area contributed by atoms with Crippen molar-refractivity contribution in [1.29, 1.82) is 0 Å². The van der Waals surface area contributed by atoms with E-state index in [1.165, 1.54) is 60.3 Å². The van der Waals surface area contributed by atoms with Gasteiger partial charge in [0.2, 0.25) is 0 Å². The topological polar surface area (TPSA) is 37.4 Å². The zero-order chi connectivity index (χ0) is 24.9. The summed E-state index contributed by atoms with van der Waals surface area (Å²) in [6.07, 6.45) is 8.56. The molecular weight excluding hydrogens is 462 g/mol. The fraction of sp³-hybridized carbons (Fsp3) is 0.452. The summed E-state index contributed by atoms with van der Waals surface area (Å²) < 4.78 is 5.96. The van der Waals surface area contributed by atoms with E-state index in [9.17, 15) is 0 Å². The van der Waals surface area contributed by atoms with Crippen LogP contribution in [0.4, 0.5) is 0 Å². The molecule has 5 heteroatoms. The monoisotopic (exact) mass is 499 g/mol. The number of nitrogens with zero attached hydrogens (tertiary/aromatic N) is 2. The fourth-order valence-corrected chi connectivity index (χ4v) is 6.43. The summed E-state index contributed by atoms with van der Waals surface area (Å²) in [5, 5.41) is 4.87. The molecular formula is C31H37N3OS. The third-order valence-corrected chi connectivity index (χ3v) is 8.24. The number of thiazole rings is 1. The Bertz CT molecular complexity index is 1250. The SMILES string of the molecule is CC#Cc1cc(-c2ncc(-c3cccc4c3CCC4NCCN3CCCCC3)s2)ccc1OC(C)C. The second kappa shape index (κ2) is 11.6. The van der Waals surface area contributed by atoms with Crippen LogP contribution in [0.15, 0.2) is 42.6 Å². The van der Waals surface area contributed by atoms with Crippen molar-refractivity contribution >= 4 is 11.3 Å². The summed E-state index contributed by atoms with van der Waals surface area (Å²) in [5.74, 6) is 7.05. The highest BCUT2D eigenvalue weighted by molar-refractivity contribution is 7.18. The van der Waals surface area contributed by atoms with Gasteiger partial charge >= 0.3 is 0 Å². The normalized spacial score (nSPS) is 17.6. The molecule has 4 nitrogen and oxygen atoms in total. The highest BCUT2D eigenvalue weighted by Gasteiger charge is 2.25. The van der Waals surface area contributed by atoms with Crippen molar-refractivity contribution in [2.45, 2.75) is 65.0 Å². The van der Waals surface area contributed by atoms with Crippen molar-refractivity contribution < 1.29 is 4.74 Å². The quantitative estimate of drug-likeness (QED) is 0.350. The molecule has 1 unspecified atom stereocenters. The largest absolute Gasteiger partial charge is 0.490 e. The molecule has 0 spiro atoms. The highest BCUT2D eigenvalue weighted by Crippen LogP contribution is 2.41. The number of aromatic nitrogens is 1. The van der Waals surface area contributed by atoms with E-state index < -0.39 is 0 Å². The first-order valence-corrected chi connectivity index (χ1v) is 14.2. The van der Waals surface area contributed by atoms with Crippen molar-refractivity contribution in [3.63, 3.8) is 0 Å². The van der Waals surface area contributed by atoms with E-state index in [1.54, 1.807) is 11.3 Å². The van der Waals surface area contributed by atoms with Crippen LogP contribution in [0.5, 0.6) is 5.75 Å². The van der Waals surface area contributed by atoms with Gasteiger partial charge in [-0.25, -0.2) is 4.98 Å². The van der Waals surface area contributed by atoms with E-state index in [0.717, 1.165) is 41.4 Å². The van der Waals surface area contributed by atoms with E-state index in [4.69, 9.17) is 9.72 Å². The van der Waals surface area contributed by atoms with E-state index >= 15 is 0 Å². The molecule has 2 aliphatic rings. The van der Waals surface area contributed by atoms with Gasteiger partial charge in [0.25, 0.3) is 0 Å². The van der Waals surface area contributed by atoms with Gasteiger partial charge in [0.15, 0.2) is 0 Å². The lowest BCUT2D eigenvalue weighted by molar-refractivity contribution is 0.226. The lowest BCUT2D eigenvalue weighted by Crippen LogP contribution is -2.36. The molecule has 36 heavy (non-hydrogen) atoms. The van der Waals surface area contributed by atoms with Gasteiger partial charge in [0, 0.05) is 30.9 Å². The second-order valence-electron chi connectivity index (χ2n) is 10.1. The number of likely N-dealkylation sites (tertiary alicyclic amines) is 1. The van der Waals surface area contributed by atoms with E-state index in [-0.39, 0.29) is 6.10 Å². The number of hydrogen-bond donors (Lipinski definition) is 1. The molecule has 3 aromatic rings. The van der Waals surface area contributed by atoms with E-state index in [2.05, 4.69) is 52.4 Å². The van der Waals surface area contributed by atoms with Crippen LogP contribution in [-0.4, -0.2) is 42.2 Å². The van der Waals surface area contributed by atoms with Crippen LogP contribution >= 0.6 is 11.3 Å². The van der Waals surface area contributed by atoms with Gasteiger partial charge in [-0.1, -0.05) is 30.5 Å². The van der Waals surface area contributed by atoms with Crippen LogP contribution in [0, 0.1) is 11.8 Å². The highest BCUT2D eigenvalue weighted by atomic mass is 32.1. The van der Waals surface area contributed by atoms with Crippen molar-refractivity contribution in [3.05, 3.63) is 59.3 Å². The lowest BCUT2D eigenvalue weighted by atomic mass is 10.0. The van der Waals surface area contributed by atoms with Gasteiger partial charge < -0.3 is 15.0 Å². The van der Waals surface area contributed by atoms with Gasteiger partial charge in [0.05, 0.1) is 16.5 Å². The van der Waals surface area contributed by atoms with Gasteiger partial charge in [-0.3, -0.25) is 0 Å². The van der Waals surface area contributed by atoms with Gasteiger partial charge in [-0.05, 0) is 94.4 Å². The van der Waals surface area contributed by atoms with Crippen LogP contribution in [-0.2, 0) is 6.42 Å². The number of rotatable bonds is 8. The Morgan fingerprint density at radius 3 is 2.83 bits per heavy atom. The molecule has 0 amide bonds. The molecule has 1 N–H and O–H groups in total. The molecule has 1 saturated heterocycles. The molecule has 0 bridgehead atoms. The first-order valence-electron chi connectivity index (χ1n) is 13.4. The van der Waals surface area contributed by atoms with Crippen LogP contribution in [0.25, 0.3) is 21.0 Å². The number of nitrogens with one attached hydrogen (secondary N) is 1. The zero-order valence-corrected chi connectivity index (χ0v) is 22.6. The average molecular weight is 500 g/mol. The minimum absolute atomic E-state index is 0.114. The fourth-order valence-electron chi connectivity index (χ4n) is 5.46. The predicted molar refractivity (Wildman–Crippen MR) is 151 cm³/mol. The summed E-state index contributed by atoms with van der Waals surface area (Å²) >= 11 is 1.76. The molecule has 5 rings (SSSR count). The Hall–Kier alpha value is -2.65. The Kier molecular flexibility index (Phi) is 8.06. The molecule has 0 saturated carbocycles. The van der Waals surface area contributed by atoms with E-state index in [1.807, 2.05) is 33.0 Å². The van der Waals surface area contributed by atoms with Crippen LogP contribution < -0.4 is 10.1 Å². The molecule has 1 aliphatic carbocycles.